The highest BCUT2D eigenvalue weighted by atomic mass is 32.2. The molecule has 0 aliphatic carbocycles. The lowest BCUT2D eigenvalue weighted by Gasteiger charge is -2.31. The lowest BCUT2D eigenvalue weighted by molar-refractivity contribution is -0.0907. The molecule has 266 valence electrons. The average molecular weight is 719 g/mol. The first-order valence-corrected chi connectivity index (χ1v) is 18.7. The van der Waals surface area contributed by atoms with Gasteiger partial charge in [0.1, 0.15) is 16.7 Å². The van der Waals surface area contributed by atoms with Crippen LogP contribution in [0.25, 0.3) is 0 Å². The molecule has 14 nitrogen and oxygen atoms in total. The molecule has 1 unspecified atom stereocenters. The quantitative estimate of drug-likeness (QED) is 0.140. The zero-order valence-corrected chi connectivity index (χ0v) is 28.8. The van der Waals surface area contributed by atoms with Crippen LogP contribution in [0.1, 0.15) is 25.8 Å². The van der Waals surface area contributed by atoms with Crippen LogP contribution < -0.4 is 21.0 Å². The van der Waals surface area contributed by atoms with Crippen LogP contribution in [-0.2, 0) is 40.8 Å². The minimum absolute atomic E-state index is 0.0116. The minimum atomic E-state index is -4.13. The van der Waals surface area contributed by atoms with E-state index in [0.29, 0.717) is 30.0 Å². The van der Waals surface area contributed by atoms with Gasteiger partial charge in [-0.05, 0) is 85.0 Å². The molecule has 16 heteroatoms. The van der Waals surface area contributed by atoms with Crippen LogP contribution in [0.15, 0.2) is 82.6 Å². The van der Waals surface area contributed by atoms with Gasteiger partial charge in [0.25, 0.3) is 0 Å². The Bertz CT molecular complexity index is 1790. The summed E-state index contributed by atoms with van der Waals surface area (Å²) in [5.74, 6) is -0.164. The van der Waals surface area contributed by atoms with Crippen molar-refractivity contribution in [3.8, 4) is 5.75 Å². The van der Waals surface area contributed by atoms with Crippen molar-refractivity contribution < 1.29 is 45.1 Å². The molecule has 5 rings (SSSR count). The van der Waals surface area contributed by atoms with Gasteiger partial charge in [-0.25, -0.2) is 13.2 Å². The predicted octanol–water partition coefficient (Wildman–Crippen LogP) is 2.73. The standard InChI is InChI=1S/C33H42N4O10S2/c1-21(2)18-37(48(40,41)26-11-5-23(34)6-12-26)19-30(38)29(36-33(39)46-31-20-45-32-28(31)15-16-44-32)17-22-3-9-25(10-4-22)47-49(42,43)27-13-7-24(35)8-14-27/h3-14,21,28-32,38H,15-20,34-35H2,1-2H3,(H,36,39)/t28-,29-,30+,31?,32+/m0/s1. The third-order valence-electron chi connectivity index (χ3n) is 8.24. The van der Waals surface area contributed by atoms with E-state index >= 15 is 0 Å². The molecule has 2 aliphatic rings. The number of rotatable bonds is 14. The second-order valence-electron chi connectivity index (χ2n) is 12.5. The molecule has 6 N–H and O–H groups in total. The molecule has 2 heterocycles. The van der Waals surface area contributed by atoms with Gasteiger partial charge in [-0.2, -0.15) is 12.7 Å². The highest BCUT2D eigenvalue weighted by molar-refractivity contribution is 7.89. The molecule has 2 fully saturated rings. The number of nitrogen functional groups attached to an aromatic ring is 2. The molecule has 0 saturated carbocycles. The molecule has 49 heavy (non-hydrogen) atoms. The molecule has 0 radical (unpaired) electrons. The van der Waals surface area contributed by atoms with E-state index in [1.807, 2.05) is 13.8 Å². The first kappa shape index (κ1) is 36.4. The minimum Gasteiger partial charge on any atom is -0.443 e. The van der Waals surface area contributed by atoms with Crippen molar-refractivity contribution in [3.05, 3.63) is 78.4 Å². The largest absolute Gasteiger partial charge is 0.443 e. The van der Waals surface area contributed by atoms with E-state index in [2.05, 4.69) is 5.32 Å². The molecule has 5 atom stereocenters. The van der Waals surface area contributed by atoms with Gasteiger partial charge in [0.2, 0.25) is 10.0 Å². The van der Waals surface area contributed by atoms with Crippen molar-refractivity contribution in [2.45, 2.75) is 61.0 Å². The van der Waals surface area contributed by atoms with Gasteiger partial charge in [0.05, 0.1) is 36.2 Å². The van der Waals surface area contributed by atoms with E-state index in [0.717, 1.165) is 0 Å². The van der Waals surface area contributed by atoms with Gasteiger partial charge in [0.15, 0.2) is 6.29 Å². The van der Waals surface area contributed by atoms with E-state index in [1.165, 1.54) is 65.0 Å². The number of anilines is 2. The van der Waals surface area contributed by atoms with Gasteiger partial charge in [-0.3, -0.25) is 0 Å². The number of carbonyl (C=O) groups is 1. The summed E-state index contributed by atoms with van der Waals surface area (Å²) < 4.78 is 76.1. The van der Waals surface area contributed by atoms with Crippen molar-refractivity contribution in [2.24, 2.45) is 11.8 Å². The third kappa shape index (κ3) is 9.20. The Morgan fingerprint density at radius 1 is 0.918 bits per heavy atom. The SMILES string of the molecule is CC(C)CN(C[C@@H](O)[C@H](Cc1ccc(OS(=O)(=O)c2ccc(N)cc2)cc1)NC(=O)OC1CO[C@H]2OCC[C@@H]12)S(=O)(=O)c1ccc(N)cc1. The summed E-state index contributed by atoms with van der Waals surface area (Å²) >= 11 is 0. The monoisotopic (exact) mass is 718 g/mol. The van der Waals surface area contributed by atoms with Crippen LogP contribution >= 0.6 is 0 Å². The van der Waals surface area contributed by atoms with Gasteiger partial charge in [-0.15, -0.1) is 0 Å². The van der Waals surface area contributed by atoms with Gasteiger partial charge >= 0.3 is 16.2 Å². The summed E-state index contributed by atoms with van der Waals surface area (Å²) in [6.07, 6.45) is -2.48. The molecule has 1 amide bonds. The van der Waals surface area contributed by atoms with Gasteiger partial charge in [0, 0.05) is 24.5 Å². The van der Waals surface area contributed by atoms with Crippen LogP contribution in [0.2, 0.25) is 0 Å². The number of alkyl carbamates (subject to hydrolysis) is 1. The fourth-order valence-corrected chi connectivity index (χ4v) is 8.25. The van der Waals surface area contributed by atoms with E-state index in [1.54, 1.807) is 12.1 Å². The van der Waals surface area contributed by atoms with E-state index in [-0.39, 0.29) is 53.5 Å². The topological polar surface area (TPSA) is 210 Å². The molecule has 2 saturated heterocycles. The zero-order valence-electron chi connectivity index (χ0n) is 27.2. The Labute approximate surface area is 286 Å². The summed E-state index contributed by atoms with van der Waals surface area (Å²) in [6.45, 7) is 4.11. The average Bonchev–Trinajstić information content (AvgIpc) is 3.66. The molecule has 3 aromatic carbocycles. The number of carbonyl (C=O) groups excluding carboxylic acids is 1. The molecule has 0 spiro atoms. The Balaban J connectivity index is 1.34. The first-order chi connectivity index (χ1) is 23.2. The highest BCUT2D eigenvalue weighted by Gasteiger charge is 2.44. The fourth-order valence-electron chi connectivity index (χ4n) is 5.70. The number of aliphatic hydroxyl groups is 1. The molecule has 3 aromatic rings. The predicted molar refractivity (Wildman–Crippen MR) is 180 cm³/mol. The molecular formula is C33H42N4O10S2. The van der Waals surface area contributed by atoms with Crippen LogP contribution in [0.3, 0.4) is 0 Å². The second kappa shape index (κ2) is 15.3. The maximum Gasteiger partial charge on any atom is 0.407 e. The summed E-state index contributed by atoms with van der Waals surface area (Å²) in [5, 5.41) is 14.3. The lowest BCUT2D eigenvalue weighted by atomic mass is 10.0. The summed E-state index contributed by atoms with van der Waals surface area (Å²) in [5.41, 5.74) is 12.8. The number of hydrogen-bond acceptors (Lipinski definition) is 12. The maximum atomic E-state index is 13.7. The molecule has 0 bridgehead atoms. The zero-order chi connectivity index (χ0) is 35.3. The summed E-state index contributed by atoms with van der Waals surface area (Å²) in [4.78, 5) is 13.1. The fraction of sp³-hybridized carbons (Fsp3) is 0.424. The van der Waals surface area contributed by atoms with Gasteiger partial charge < -0.3 is 40.3 Å². The summed E-state index contributed by atoms with van der Waals surface area (Å²) in [7, 11) is -8.19. The number of nitrogens with two attached hydrogens (primary N) is 2. The molecule has 2 aliphatic heterocycles. The highest BCUT2D eigenvalue weighted by Crippen LogP contribution is 2.33. The molecular weight excluding hydrogens is 677 g/mol. The van der Waals surface area contributed by atoms with Crippen molar-refractivity contribution in [1.82, 2.24) is 9.62 Å². The van der Waals surface area contributed by atoms with Crippen LogP contribution in [-0.4, -0.2) is 83.2 Å². The van der Waals surface area contributed by atoms with E-state index in [4.69, 9.17) is 29.9 Å². The van der Waals surface area contributed by atoms with E-state index in [9.17, 15) is 26.7 Å². The Morgan fingerprint density at radius 3 is 2.14 bits per heavy atom. The van der Waals surface area contributed by atoms with Gasteiger partial charge in [-0.1, -0.05) is 26.0 Å². The number of hydrogen-bond donors (Lipinski definition) is 4. The number of nitrogens with zero attached hydrogens (tertiary/aromatic N) is 1. The number of nitrogens with one attached hydrogen (secondary N) is 1. The maximum absolute atomic E-state index is 13.7. The Morgan fingerprint density at radius 2 is 1.53 bits per heavy atom. The smallest absolute Gasteiger partial charge is 0.407 e. The number of ether oxygens (including phenoxy) is 3. The van der Waals surface area contributed by atoms with Crippen LogP contribution in [0.5, 0.6) is 5.75 Å². The normalized spacial score (nSPS) is 20.6. The Kier molecular flexibility index (Phi) is 11.4. The molecule has 0 aromatic heterocycles. The summed E-state index contributed by atoms with van der Waals surface area (Å²) in [6, 6.07) is 16.4. The van der Waals surface area contributed by atoms with E-state index < -0.39 is 50.8 Å². The van der Waals surface area contributed by atoms with Crippen molar-refractivity contribution >= 4 is 37.6 Å². The number of amides is 1. The van der Waals surface area contributed by atoms with Crippen LogP contribution in [0.4, 0.5) is 16.2 Å². The first-order valence-electron chi connectivity index (χ1n) is 15.8. The Hall–Kier alpha value is -3.93. The van der Waals surface area contributed by atoms with Crippen LogP contribution in [0, 0.1) is 11.8 Å². The number of aliphatic hydroxyl groups excluding tert-OH is 1. The second-order valence-corrected chi connectivity index (χ2v) is 16.0. The van der Waals surface area contributed by atoms with Crippen molar-refractivity contribution in [3.63, 3.8) is 0 Å². The third-order valence-corrected chi connectivity index (χ3v) is 11.3. The number of sulfonamides is 1. The number of benzene rings is 3. The number of fused-ring (bicyclic) bond motifs is 1. The van der Waals surface area contributed by atoms with Crippen molar-refractivity contribution in [2.75, 3.05) is 37.8 Å². The van der Waals surface area contributed by atoms with Crippen molar-refractivity contribution in [1.29, 1.82) is 0 Å². The lowest BCUT2D eigenvalue weighted by Crippen LogP contribution is -2.51.